The molecule has 6 heteroatoms. The fourth-order valence-corrected chi connectivity index (χ4v) is 1.53. The molecule has 1 amide bonds. The van der Waals surface area contributed by atoms with Crippen molar-refractivity contribution in [1.29, 1.82) is 0 Å². The number of rotatable bonds is 5. The fourth-order valence-electron chi connectivity index (χ4n) is 1.53. The number of amides is 1. The Labute approximate surface area is 111 Å². The molecule has 2 aromatic rings. The molecule has 2 N–H and O–H groups in total. The van der Waals surface area contributed by atoms with Gasteiger partial charge in [0.1, 0.15) is 12.1 Å². The average molecular weight is 257 g/mol. The Hall–Kier alpha value is -2.50. The molecule has 2 heterocycles. The minimum absolute atomic E-state index is 0.235. The standard InChI is InChI=1S/C13H15N5O/c1-2-5-16-12-11(4-3-6-17-12)13(19)18-10-7-14-9-15-8-10/h3-4,6-9H,2,5H2,1H3,(H,16,17)(H,18,19). The Bertz CT molecular complexity index is 544. The summed E-state index contributed by atoms with van der Waals surface area (Å²) in [6, 6.07) is 3.46. The average Bonchev–Trinajstić information content (AvgIpc) is 2.46. The molecule has 0 radical (unpaired) electrons. The van der Waals surface area contributed by atoms with Gasteiger partial charge < -0.3 is 10.6 Å². The normalized spacial score (nSPS) is 9.95. The van der Waals surface area contributed by atoms with Crippen molar-refractivity contribution in [3.05, 3.63) is 42.6 Å². The van der Waals surface area contributed by atoms with E-state index >= 15 is 0 Å². The van der Waals surface area contributed by atoms with Crippen LogP contribution in [-0.2, 0) is 0 Å². The number of nitrogens with one attached hydrogen (secondary N) is 2. The first-order chi connectivity index (χ1) is 9.31. The van der Waals surface area contributed by atoms with Gasteiger partial charge in [-0.15, -0.1) is 0 Å². The van der Waals surface area contributed by atoms with Crippen LogP contribution in [0.2, 0.25) is 0 Å². The van der Waals surface area contributed by atoms with Gasteiger partial charge in [0, 0.05) is 12.7 Å². The van der Waals surface area contributed by atoms with Crippen LogP contribution in [0.1, 0.15) is 23.7 Å². The Morgan fingerprint density at radius 1 is 1.32 bits per heavy atom. The summed E-state index contributed by atoms with van der Waals surface area (Å²) in [4.78, 5) is 24.0. The first-order valence-corrected chi connectivity index (χ1v) is 6.06. The van der Waals surface area contributed by atoms with Crippen LogP contribution in [0.15, 0.2) is 37.1 Å². The highest BCUT2D eigenvalue weighted by Crippen LogP contribution is 2.13. The number of aromatic nitrogens is 3. The van der Waals surface area contributed by atoms with Crippen LogP contribution >= 0.6 is 0 Å². The van der Waals surface area contributed by atoms with Crippen molar-refractivity contribution in [2.75, 3.05) is 17.2 Å². The van der Waals surface area contributed by atoms with E-state index in [0.29, 0.717) is 17.1 Å². The van der Waals surface area contributed by atoms with Crippen LogP contribution in [0.5, 0.6) is 0 Å². The number of anilines is 2. The van der Waals surface area contributed by atoms with Crippen molar-refractivity contribution >= 4 is 17.4 Å². The third-order valence-electron chi connectivity index (χ3n) is 2.41. The van der Waals surface area contributed by atoms with E-state index in [0.717, 1.165) is 13.0 Å². The fraction of sp³-hybridized carbons (Fsp3) is 0.231. The first kappa shape index (κ1) is 12.9. The summed E-state index contributed by atoms with van der Waals surface area (Å²) in [7, 11) is 0. The maximum absolute atomic E-state index is 12.2. The maximum atomic E-state index is 12.2. The summed E-state index contributed by atoms with van der Waals surface area (Å²) in [6.45, 7) is 2.82. The van der Waals surface area contributed by atoms with Crippen molar-refractivity contribution < 1.29 is 4.79 Å². The monoisotopic (exact) mass is 257 g/mol. The van der Waals surface area contributed by atoms with Gasteiger partial charge in [0.15, 0.2) is 0 Å². The summed E-state index contributed by atoms with van der Waals surface area (Å²) < 4.78 is 0. The highest BCUT2D eigenvalue weighted by atomic mass is 16.1. The van der Waals surface area contributed by atoms with Crippen molar-refractivity contribution in [3.63, 3.8) is 0 Å². The predicted octanol–water partition coefficient (Wildman–Crippen LogP) is 1.95. The number of nitrogens with zero attached hydrogens (tertiary/aromatic N) is 3. The zero-order valence-electron chi connectivity index (χ0n) is 10.6. The number of carbonyl (C=O) groups excluding carboxylic acids is 1. The van der Waals surface area contributed by atoms with Gasteiger partial charge in [0.2, 0.25) is 0 Å². The van der Waals surface area contributed by atoms with E-state index in [-0.39, 0.29) is 5.91 Å². The molecule has 98 valence electrons. The van der Waals surface area contributed by atoms with Crippen LogP contribution in [0.3, 0.4) is 0 Å². The van der Waals surface area contributed by atoms with Crippen LogP contribution in [0.25, 0.3) is 0 Å². The number of hydrogen-bond acceptors (Lipinski definition) is 5. The second kappa shape index (κ2) is 6.44. The van der Waals surface area contributed by atoms with E-state index in [1.165, 1.54) is 6.33 Å². The number of pyridine rings is 1. The molecule has 0 saturated carbocycles. The zero-order chi connectivity index (χ0) is 13.5. The van der Waals surface area contributed by atoms with Gasteiger partial charge in [-0.2, -0.15) is 0 Å². The molecule has 0 unspecified atom stereocenters. The molecule has 2 aromatic heterocycles. The van der Waals surface area contributed by atoms with Gasteiger partial charge >= 0.3 is 0 Å². The SMILES string of the molecule is CCCNc1ncccc1C(=O)Nc1cncnc1. The molecule has 0 aliphatic rings. The van der Waals surface area contributed by atoms with Gasteiger partial charge in [-0.3, -0.25) is 4.79 Å². The minimum Gasteiger partial charge on any atom is -0.369 e. The minimum atomic E-state index is -0.235. The molecule has 0 aromatic carbocycles. The molecule has 0 aliphatic carbocycles. The molecular weight excluding hydrogens is 242 g/mol. The largest absolute Gasteiger partial charge is 0.369 e. The van der Waals surface area contributed by atoms with Gasteiger partial charge in [-0.1, -0.05) is 6.92 Å². The quantitative estimate of drug-likeness (QED) is 0.855. The van der Waals surface area contributed by atoms with E-state index in [1.54, 1.807) is 30.7 Å². The summed E-state index contributed by atoms with van der Waals surface area (Å²) in [6.07, 6.45) is 7.11. The lowest BCUT2D eigenvalue weighted by molar-refractivity contribution is 0.102. The van der Waals surface area contributed by atoms with E-state index in [2.05, 4.69) is 32.5 Å². The first-order valence-electron chi connectivity index (χ1n) is 6.06. The van der Waals surface area contributed by atoms with E-state index in [4.69, 9.17) is 0 Å². The van der Waals surface area contributed by atoms with Gasteiger partial charge in [-0.25, -0.2) is 15.0 Å². The van der Waals surface area contributed by atoms with Crippen LogP contribution in [-0.4, -0.2) is 27.4 Å². The van der Waals surface area contributed by atoms with E-state index in [9.17, 15) is 4.79 Å². The molecule has 0 aliphatic heterocycles. The molecular formula is C13H15N5O. The Morgan fingerprint density at radius 3 is 2.84 bits per heavy atom. The highest BCUT2D eigenvalue weighted by Gasteiger charge is 2.12. The summed E-state index contributed by atoms with van der Waals surface area (Å²) >= 11 is 0. The molecule has 19 heavy (non-hydrogen) atoms. The van der Waals surface area contributed by atoms with Crippen LogP contribution in [0, 0.1) is 0 Å². The number of carbonyl (C=O) groups is 1. The predicted molar refractivity (Wildman–Crippen MR) is 73.0 cm³/mol. The van der Waals surface area contributed by atoms with E-state index in [1.807, 2.05) is 0 Å². The van der Waals surface area contributed by atoms with Gasteiger partial charge in [0.05, 0.1) is 23.6 Å². The smallest absolute Gasteiger partial charge is 0.259 e. The second-order valence-electron chi connectivity index (χ2n) is 3.91. The Balaban J connectivity index is 2.14. The van der Waals surface area contributed by atoms with Crippen molar-refractivity contribution in [3.8, 4) is 0 Å². The van der Waals surface area contributed by atoms with Crippen molar-refractivity contribution in [2.45, 2.75) is 13.3 Å². The van der Waals surface area contributed by atoms with Gasteiger partial charge in [-0.05, 0) is 18.6 Å². The van der Waals surface area contributed by atoms with Crippen molar-refractivity contribution in [2.24, 2.45) is 0 Å². The topological polar surface area (TPSA) is 79.8 Å². The van der Waals surface area contributed by atoms with Gasteiger partial charge in [0.25, 0.3) is 5.91 Å². The number of hydrogen-bond donors (Lipinski definition) is 2. The van der Waals surface area contributed by atoms with Crippen molar-refractivity contribution in [1.82, 2.24) is 15.0 Å². The summed E-state index contributed by atoms with van der Waals surface area (Å²) in [5.74, 6) is 0.347. The van der Waals surface area contributed by atoms with Crippen LogP contribution in [0.4, 0.5) is 11.5 Å². The Kier molecular flexibility index (Phi) is 4.39. The summed E-state index contributed by atoms with van der Waals surface area (Å²) in [5.41, 5.74) is 1.05. The molecule has 6 nitrogen and oxygen atoms in total. The molecule has 0 bridgehead atoms. The Morgan fingerprint density at radius 2 is 2.11 bits per heavy atom. The molecule has 0 saturated heterocycles. The lowest BCUT2D eigenvalue weighted by Gasteiger charge is -2.10. The zero-order valence-corrected chi connectivity index (χ0v) is 10.6. The third kappa shape index (κ3) is 3.48. The molecule has 0 fully saturated rings. The summed E-state index contributed by atoms with van der Waals surface area (Å²) in [5, 5.41) is 5.86. The molecule has 2 rings (SSSR count). The highest BCUT2D eigenvalue weighted by molar-refractivity contribution is 6.07. The lowest BCUT2D eigenvalue weighted by Crippen LogP contribution is -2.16. The maximum Gasteiger partial charge on any atom is 0.259 e. The molecule has 0 spiro atoms. The van der Waals surface area contributed by atoms with E-state index < -0.39 is 0 Å². The van der Waals surface area contributed by atoms with Crippen LogP contribution < -0.4 is 10.6 Å². The second-order valence-corrected chi connectivity index (χ2v) is 3.91. The lowest BCUT2D eigenvalue weighted by atomic mass is 10.2. The molecule has 0 atom stereocenters. The third-order valence-corrected chi connectivity index (χ3v) is 2.41.